The highest BCUT2D eigenvalue weighted by molar-refractivity contribution is 8.00. The summed E-state index contributed by atoms with van der Waals surface area (Å²) >= 11 is 1.90. The quantitative estimate of drug-likeness (QED) is 0.0144. The molecule has 7 N–H and O–H groups in total. The zero-order valence-corrected chi connectivity index (χ0v) is 44.8. The summed E-state index contributed by atoms with van der Waals surface area (Å²) in [6.45, 7) is 5.86. The number of hydrogen-bond donors (Lipinski definition) is 7. The van der Waals surface area contributed by atoms with E-state index in [0.29, 0.717) is 125 Å². The lowest BCUT2D eigenvalue weighted by Gasteiger charge is -2.16. The highest BCUT2D eigenvalue weighted by Gasteiger charge is 2.42. The molecule has 77 heavy (non-hydrogen) atoms. The Kier molecular flexibility index (Phi) is 26.8. The number of rotatable bonds is 38. The molecule has 4 aromatic rings. The number of thioether (sulfide) groups is 1. The van der Waals surface area contributed by atoms with Crippen LogP contribution in [0.2, 0.25) is 0 Å². The molecule has 2 fully saturated rings. The minimum absolute atomic E-state index is 0.0613. The standard InChI is InChI=1S/C55H75N11O10S/c1-66(31-11-22-52(70)64-47-18-9-17-46(62-47)63-48-38-53(60-40-59-48)76-43-25-23-42(24-26-43)75-41-14-3-2-4-15-41)30-8-7-27-56-50(68)20-10-21-51(69)58-29-13-33-73-35-37-74-36-34-72-32-12-28-57-49(67)19-6-5-16-45-54-44(39-77-45)61-55(71)65-54/h2-4,9,11,14-15,17-18,22-26,38,40,44-45,54H,5-8,10,12-13,16,19-21,27-37,39H2,1H3,(H,56,68)(H,57,67)(H,58,69)(H2,61,65,71)(H2,59,60,62,63,64,70). The second kappa shape index (κ2) is 34.7. The molecule has 2 aliphatic rings. The maximum atomic E-state index is 12.7. The van der Waals surface area contributed by atoms with E-state index in [2.05, 4.69) is 57.1 Å². The summed E-state index contributed by atoms with van der Waals surface area (Å²) < 4.78 is 28.5. The Morgan fingerprint density at radius 3 is 1.99 bits per heavy atom. The SMILES string of the molecule is CN(CC=CC(=O)Nc1cccc(Nc2cc(Oc3ccc(Oc4ccccc4)cc3)ncn2)n1)CCCCNC(=O)CCCC(=O)NCCCOCCOCCOCCCNC(=O)CCCCC1SCC2NC(=O)NC21. The van der Waals surface area contributed by atoms with Crippen LogP contribution in [0.3, 0.4) is 0 Å². The highest BCUT2D eigenvalue weighted by Crippen LogP contribution is 2.33. The minimum Gasteiger partial charge on any atom is -0.457 e. The molecule has 2 aromatic heterocycles. The number of urea groups is 1. The lowest BCUT2D eigenvalue weighted by atomic mass is 10.0. The molecule has 0 radical (unpaired) electrons. The van der Waals surface area contributed by atoms with E-state index in [0.717, 1.165) is 56.6 Å². The van der Waals surface area contributed by atoms with E-state index in [1.165, 1.54) is 12.4 Å². The van der Waals surface area contributed by atoms with Gasteiger partial charge in [-0.2, -0.15) is 11.8 Å². The van der Waals surface area contributed by atoms with Crippen molar-refractivity contribution in [1.29, 1.82) is 0 Å². The first-order valence-electron chi connectivity index (χ1n) is 26.6. The molecule has 0 aliphatic carbocycles. The van der Waals surface area contributed by atoms with E-state index in [1.807, 2.05) is 61.3 Å². The van der Waals surface area contributed by atoms with Gasteiger partial charge < -0.3 is 65.8 Å². The molecule has 4 heterocycles. The van der Waals surface area contributed by atoms with Crippen molar-refractivity contribution in [2.45, 2.75) is 88.0 Å². The molecule has 21 nitrogen and oxygen atoms in total. The van der Waals surface area contributed by atoms with Crippen LogP contribution in [0.1, 0.15) is 70.6 Å². The molecule has 2 aliphatic heterocycles. The van der Waals surface area contributed by atoms with Gasteiger partial charge in [0.1, 0.15) is 41.0 Å². The number of nitrogens with zero attached hydrogens (tertiary/aromatic N) is 4. The van der Waals surface area contributed by atoms with Gasteiger partial charge in [-0.15, -0.1) is 0 Å². The van der Waals surface area contributed by atoms with Crippen molar-refractivity contribution in [3.8, 4) is 23.1 Å². The molecule has 6 amide bonds. The van der Waals surface area contributed by atoms with Crippen LogP contribution >= 0.6 is 11.8 Å². The number of carbonyl (C=O) groups excluding carboxylic acids is 5. The van der Waals surface area contributed by atoms with Crippen LogP contribution in [0.4, 0.5) is 22.2 Å². The number of fused-ring (bicyclic) bond motifs is 1. The maximum absolute atomic E-state index is 12.7. The van der Waals surface area contributed by atoms with Crippen LogP contribution in [0.15, 0.2) is 97.3 Å². The number of aromatic nitrogens is 3. The second-order valence-electron chi connectivity index (χ2n) is 18.4. The number of hydrogen-bond acceptors (Lipinski definition) is 16. The van der Waals surface area contributed by atoms with Gasteiger partial charge in [-0.3, -0.25) is 19.2 Å². The fraction of sp³-hybridized carbons (Fsp3) is 0.491. The number of carbonyl (C=O) groups is 5. The predicted molar refractivity (Wildman–Crippen MR) is 296 cm³/mol. The van der Waals surface area contributed by atoms with Crippen LogP contribution < -0.4 is 46.7 Å². The Labute approximate surface area is 455 Å². The summed E-state index contributed by atoms with van der Waals surface area (Å²) in [5.41, 5.74) is 0. The van der Waals surface area contributed by atoms with Crippen molar-refractivity contribution < 1.29 is 47.7 Å². The van der Waals surface area contributed by atoms with Crippen molar-refractivity contribution in [2.24, 2.45) is 0 Å². The first-order valence-corrected chi connectivity index (χ1v) is 27.6. The first-order chi connectivity index (χ1) is 37.6. The number of benzene rings is 2. The third-order valence-corrected chi connectivity index (χ3v) is 13.6. The van der Waals surface area contributed by atoms with Crippen molar-refractivity contribution in [3.63, 3.8) is 0 Å². The Morgan fingerprint density at radius 2 is 1.29 bits per heavy atom. The molecule has 3 unspecified atom stereocenters. The minimum atomic E-state index is -0.312. The fourth-order valence-corrected chi connectivity index (χ4v) is 9.66. The number of para-hydroxylation sites is 1. The number of likely N-dealkylation sites (N-methyl/N-ethyl adjacent to an activating group) is 1. The van der Waals surface area contributed by atoms with E-state index in [4.69, 9.17) is 23.7 Å². The van der Waals surface area contributed by atoms with Gasteiger partial charge in [0.25, 0.3) is 0 Å². The Morgan fingerprint density at radius 1 is 0.662 bits per heavy atom. The zero-order chi connectivity index (χ0) is 54.1. The first kappa shape index (κ1) is 59.4. The maximum Gasteiger partial charge on any atom is 0.315 e. The predicted octanol–water partition coefficient (Wildman–Crippen LogP) is 6.48. The fourth-order valence-electron chi connectivity index (χ4n) is 8.12. The van der Waals surface area contributed by atoms with Gasteiger partial charge >= 0.3 is 6.03 Å². The molecule has 2 saturated heterocycles. The van der Waals surface area contributed by atoms with E-state index in [9.17, 15) is 24.0 Å². The number of anilines is 3. The third-order valence-electron chi connectivity index (χ3n) is 12.1. The number of pyridine rings is 1. The summed E-state index contributed by atoms with van der Waals surface area (Å²) in [6, 6.07) is 24.0. The number of ether oxygens (including phenoxy) is 5. The van der Waals surface area contributed by atoms with Gasteiger partial charge in [0.2, 0.25) is 29.5 Å². The average Bonchev–Trinajstić information content (AvgIpc) is 3.99. The van der Waals surface area contributed by atoms with Crippen molar-refractivity contribution in [3.05, 3.63) is 97.3 Å². The summed E-state index contributed by atoms with van der Waals surface area (Å²) in [5.74, 6) is 4.15. The highest BCUT2D eigenvalue weighted by atomic mass is 32.2. The lowest BCUT2D eigenvalue weighted by Crippen LogP contribution is -2.36. The van der Waals surface area contributed by atoms with Gasteiger partial charge in [0.05, 0.1) is 38.5 Å². The molecule has 22 heteroatoms. The molecule has 0 bridgehead atoms. The molecule has 416 valence electrons. The largest absolute Gasteiger partial charge is 0.457 e. The van der Waals surface area contributed by atoms with Crippen molar-refractivity contribution in [1.82, 2.24) is 46.4 Å². The van der Waals surface area contributed by atoms with Gasteiger partial charge in [-0.1, -0.05) is 36.8 Å². The molecule has 6 rings (SSSR count). The zero-order valence-electron chi connectivity index (χ0n) is 44.0. The molecule has 0 saturated carbocycles. The summed E-state index contributed by atoms with van der Waals surface area (Å²) in [4.78, 5) is 75.9. The van der Waals surface area contributed by atoms with E-state index in [1.54, 1.807) is 42.5 Å². The Hall–Kier alpha value is -6.85. The molecular weight excluding hydrogens is 1010 g/mol. The van der Waals surface area contributed by atoms with Crippen molar-refractivity contribution >= 4 is 58.9 Å². The Bertz CT molecular complexity index is 2440. The van der Waals surface area contributed by atoms with Crippen LogP contribution in [-0.2, 0) is 33.4 Å². The van der Waals surface area contributed by atoms with Gasteiger partial charge in [-0.05, 0) is 107 Å². The summed E-state index contributed by atoms with van der Waals surface area (Å²) in [5, 5.41) is 21.1. The van der Waals surface area contributed by atoms with E-state index < -0.39 is 0 Å². The van der Waals surface area contributed by atoms with Crippen LogP contribution in [0, 0.1) is 0 Å². The summed E-state index contributed by atoms with van der Waals surface area (Å²) in [7, 11) is 1.97. The second-order valence-corrected chi connectivity index (χ2v) is 19.7. The van der Waals surface area contributed by atoms with Gasteiger partial charge in [0, 0.05) is 81.8 Å². The smallest absolute Gasteiger partial charge is 0.315 e. The monoisotopic (exact) mass is 1080 g/mol. The van der Waals surface area contributed by atoms with E-state index in [-0.39, 0.29) is 54.6 Å². The molecule has 3 atom stereocenters. The van der Waals surface area contributed by atoms with Gasteiger partial charge in [0.15, 0.2) is 0 Å². The number of unbranched alkanes of at least 4 members (excludes halogenated alkanes) is 2. The molecular formula is C55H75N11O10S. The molecule has 0 spiro atoms. The average molecular weight is 1080 g/mol. The third kappa shape index (κ3) is 24.4. The summed E-state index contributed by atoms with van der Waals surface area (Å²) in [6.07, 6.45) is 12.1. The van der Waals surface area contributed by atoms with Crippen LogP contribution in [-0.4, -0.2) is 152 Å². The molecule has 2 aromatic carbocycles. The van der Waals surface area contributed by atoms with Crippen molar-refractivity contribution in [2.75, 3.05) is 95.8 Å². The van der Waals surface area contributed by atoms with E-state index >= 15 is 0 Å². The number of amides is 6. The van der Waals surface area contributed by atoms with Crippen LogP contribution in [0.5, 0.6) is 23.1 Å². The number of nitrogens with one attached hydrogen (secondary N) is 7. The topological polar surface area (TPSA) is 258 Å². The van der Waals surface area contributed by atoms with Gasteiger partial charge in [-0.25, -0.2) is 19.7 Å². The Balaban J connectivity index is 0.674. The normalized spacial score (nSPS) is 15.6. The lowest BCUT2D eigenvalue weighted by molar-refractivity contribution is -0.123. The van der Waals surface area contributed by atoms with Crippen LogP contribution in [0.25, 0.3) is 0 Å².